The smallest absolute Gasteiger partial charge is 0.336 e. The summed E-state index contributed by atoms with van der Waals surface area (Å²) in [6, 6.07) is 14.0. The van der Waals surface area contributed by atoms with E-state index in [4.69, 9.17) is 20.8 Å². The van der Waals surface area contributed by atoms with Crippen LogP contribution in [0.25, 0.3) is 11.0 Å². The molecule has 1 aromatic heterocycles. The summed E-state index contributed by atoms with van der Waals surface area (Å²) in [7, 11) is -3.64. The number of nitrogens with zero attached hydrogens (tertiary/aromatic N) is 2. The number of amides is 1. The number of benzene rings is 2. The summed E-state index contributed by atoms with van der Waals surface area (Å²) < 4.78 is 37.5. The van der Waals surface area contributed by atoms with Gasteiger partial charge in [-0.3, -0.25) is 4.79 Å². The minimum absolute atomic E-state index is 0.169. The normalized spacial score (nSPS) is 15.2. The summed E-state index contributed by atoms with van der Waals surface area (Å²) in [6.45, 7) is 0.714. The van der Waals surface area contributed by atoms with Crippen LogP contribution < -0.4 is 10.4 Å². The average Bonchev–Trinajstić information content (AvgIpc) is 2.77. The number of carbonyl (C=O) groups is 1. The second-order valence-electron chi connectivity index (χ2n) is 6.98. The van der Waals surface area contributed by atoms with Crippen molar-refractivity contribution in [1.29, 1.82) is 0 Å². The lowest BCUT2D eigenvalue weighted by molar-refractivity contribution is -0.134. The predicted molar refractivity (Wildman–Crippen MR) is 115 cm³/mol. The lowest BCUT2D eigenvalue weighted by Crippen LogP contribution is -2.51. The molecule has 1 aliphatic heterocycles. The molecule has 1 saturated heterocycles. The van der Waals surface area contributed by atoms with Crippen LogP contribution >= 0.6 is 11.6 Å². The first-order chi connectivity index (χ1) is 14.8. The summed E-state index contributed by atoms with van der Waals surface area (Å²) in [4.78, 5) is 25.6. The quantitative estimate of drug-likeness (QED) is 0.540. The van der Waals surface area contributed by atoms with Crippen LogP contribution in [0.1, 0.15) is 0 Å². The molecule has 0 aliphatic carbocycles. The summed E-state index contributed by atoms with van der Waals surface area (Å²) >= 11 is 5.83. The number of piperazine rings is 1. The van der Waals surface area contributed by atoms with Crippen molar-refractivity contribution in [2.45, 2.75) is 4.90 Å². The third kappa shape index (κ3) is 4.73. The Bertz CT molecular complexity index is 1270. The van der Waals surface area contributed by atoms with Gasteiger partial charge in [0.2, 0.25) is 10.0 Å². The SMILES string of the molecule is O=C(COc1ccc2ccc(=O)oc2c1)N1CCN(S(=O)(=O)c2ccc(Cl)cc2)CC1. The Morgan fingerprint density at radius 1 is 1.00 bits per heavy atom. The first-order valence-electron chi connectivity index (χ1n) is 9.53. The number of carbonyl (C=O) groups excluding carboxylic acids is 1. The monoisotopic (exact) mass is 462 g/mol. The van der Waals surface area contributed by atoms with E-state index in [2.05, 4.69) is 0 Å². The number of fused-ring (bicyclic) bond motifs is 1. The van der Waals surface area contributed by atoms with Crippen molar-refractivity contribution in [3.05, 3.63) is 70.0 Å². The Hall–Kier alpha value is -2.88. The van der Waals surface area contributed by atoms with Gasteiger partial charge in [-0.2, -0.15) is 4.31 Å². The van der Waals surface area contributed by atoms with Crippen molar-refractivity contribution < 1.29 is 22.4 Å². The van der Waals surface area contributed by atoms with Crippen molar-refractivity contribution in [2.75, 3.05) is 32.8 Å². The molecule has 3 aromatic rings. The number of ether oxygens (including phenoxy) is 1. The van der Waals surface area contributed by atoms with Crippen LogP contribution in [-0.4, -0.2) is 56.3 Å². The molecular weight excluding hydrogens is 444 g/mol. The van der Waals surface area contributed by atoms with E-state index in [0.717, 1.165) is 5.39 Å². The van der Waals surface area contributed by atoms with Gasteiger partial charge >= 0.3 is 5.63 Å². The van der Waals surface area contributed by atoms with E-state index in [0.29, 0.717) is 16.4 Å². The highest BCUT2D eigenvalue weighted by molar-refractivity contribution is 7.89. The van der Waals surface area contributed by atoms with Gasteiger partial charge in [0.05, 0.1) is 4.90 Å². The number of sulfonamides is 1. The second-order valence-corrected chi connectivity index (χ2v) is 9.36. The molecule has 8 nitrogen and oxygen atoms in total. The van der Waals surface area contributed by atoms with E-state index < -0.39 is 15.6 Å². The fraction of sp³-hybridized carbons (Fsp3) is 0.238. The van der Waals surface area contributed by atoms with Crippen LogP contribution in [0.5, 0.6) is 5.75 Å². The molecule has 4 rings (SSSR count). The van der Waals surface area contributed by atoms with Gasteiger partial charge in [-0.25, -0.2) is 13.2 Å². The van der Waals surface area contributed by atoms with Crippen molar-refractivity contribution in [3.8, 4) is 5.75 Å². The van der Waals surface area contributed by atoms with Gasteiger partial charge in [0.1, 0.15) is 11.3 Å². The lowest BCUT2D eigenvalue weighted by atomic mass is 10.2. The zero-order valence-corrected chi connectivity index (χ0v) is 17.9. The lowest BCUT2D eigenvalue weighted by Gasteiger charge is -2.34. The zero-order valence-electron chi connectivity index (χ0n) is 16.4. The number of rotatable bonds is 5. The van der Waals surface area contributed by atoms with Gasteiger partial charge in [-0.1, -0.05) is 11.6 Å². The minimum Gasteiger partial charge on any atom is -0.484 e. The third-order valence-electron chi connectivity index (χ3n) is 5.00. The predicted octanol–water partition coefficient (Wildman–Crippen LogP) is 2.36. The molecule has 0 saturated carbocycles. The van der Waals surface area contributed by atoms with Crippen molar-refractivity contribution in [3.63, 3.8) is 0 Å². The molecule has 1 fully saturated rings. The van der Waals surface area contributed by atoms with E-state index in [9.17, 15) is 18.0 Å². The summed E-state index contributed by atoms with van der Waals surface area (Å²) in [6.07, 6.45) is 0. The van der Waals surface area contributed by atoms with E-state index in [1.54, 1.807) is 29.2 Å². The molecule has 2 heterocycles. The van der Waals surface area contributed by atoms with E-state index in [1.807, 2.05) is 0 Å². The molecule has 0 radical (unpaired) electrons. The zero-order chi connectivity index (χ0) is 22.0. The molecule has 31 heavy (non-hydrogen) atoms. The molecule has 0 bridgehead atoms. The molecule has 0 unspecified atom stereocenters. The maximum atomic E-state index is 12.7. The number of halogens is 1. The van der Waals surface area contributed by atoms with Gasteiger partial charge in [0, 0.05) is 48.7 Å². The third-order valence-corrected chi connectivity index (χ3v) is 7.16. The Balaban J connectivity index is 1.34. The van der Waals surface area contributed by atoms with Crippen molar-refractivity contribution in [2.24, 2.45) is 0 Å². The van der Waals surface area contributed by atoms with Crippen molar-refractivity contribution >= 4 is 38.5 Å². The Kier molecular flexibility index (Phi) is 5.99. The summed E-state index contributed by atoms with van der Waals surface area (Å²) in [5, 5.41) is 1.21. The van der Waals surface area contributed by atoms with Crippen LogP contribution in [0.15, 0.2) is 68.7 Å². The van der Waals surface area contributed by atoms with Crippen LogP contribution in [0.4, 0.5) is 0 Å². The molecule has 1 aliphatic rings. The summed E-state index contributed by atoms with van der Waals surface area (Å²) in [5.74, 6) is 0.150. The molecule has 162 valence electrons. The Morgan fingerprint density at radius 3 is 2.39 bits per heavy atom. The standard InChI is InChI=1S/C21H19ClN2O6S/c22-16-3-6-18(7-4-16)31(27,28)24-11-9-23(10-12-24)20(25)14-29-17-5-1-15-2-8-21(26)30-19(15)13-17/h1-8,13H,9-12,14H2. The Morgan fingerprint density at radius 2 is 1.68 bits per heavy atom. The maximum absolute atomic E-state index is 12.7. The largest absolute Gasteiger partial charge is 0.484 e. The fourth-order valence-corrected chi connectivity index (χ4v) is 4.85. The highest BCUT2D eigenvalue weighted by Gasteiger charge is 2.30. The van der Waals surface area contributed by atoms with Gasteiger partial charge in [0.15, 0.2) is 6.61 Å². The van der Waals surface area contributed by atoms with Crippen LogP contribution in [-0.2, 0) is 14.8 Å². The van der Waals surface area contributed by atoms with Crippen molar-refractivity contribution in [1.82, 2.24) is 9.21 Å². The molecule has 0 N–H and O–H groups in total. The van der Waals surface area contributed by atoms with Gasteiger partial charge in [-0.15, -0.1) is 0 Å². The van der Waals surface area contributed by atoms with Crippen LogP contribution in [0, 0.1) is 0 Å². The molecule has 0 atom stereocenters. The number of hydrogen-bond donors (Lipinski definition) is 0. The Labute approximate surface area is 183 Å². The molecular formula is C21H19ClN2O6S. The van der Waals surface area contributed by atoms with E-state index >= 15 is 0 Å². The molecule has 10 heteroatoms. The highest BCUT2D eigenvalue weighted by Crippen LogP contribution is 2.21. The van der Waals surface area contributed by atoms with Gasteiger partial charge in [-0.05, 0) is 42.5 Å². The van der Waals surface area contributed by atoms with Gasteiger partial charge in [0.25, 0.3) is 5.91 Å². The first-order valence-corrected chi connectivity index (χ1v) is 11.3. The second kappa shape index (κ2) is 8.70. The van der Waals surface area contributed by atoms with Crippen LogP contribution in [0.3, 0.4) is 0 Å². The minimum atomic E-state index is -3.64. The average molecular weight is 463 g/mol. The highest BCUT2D eigenvalue weighted by atomic mass is 35.5. The topological polar surface area (TPSA) is 97.1 Å². The maximum Gasteiger partial charge on any atom is 0.336 e. The van der Waals surface area contributed by atoms with E-state index in [-0.39, 0.29) is 43.6 Å². The molecule has 0 spiro atoms. The fourth-order valence-electron chi connectivity index (χ4n) is 3.30. The first kappa shape index (κ1) is 21.4. The molecule has 2 aromatic carbocycles. The van der Waals surface area contributed by atoms with E-state index in [1.165, 1.54) is 34.6 Å². The summed E-state index contributed by atoms with van der Waals surface area (Å²) in [5.41, 5.74) is -0.0920. The van der Waals surface area contributed by atoms with Crippen LogP contribution in [0.2, 0.25) is 5.02 Å². The van der Waals surface area contributed by atoms with Gasteiger partial charge < -0.3 is 14.1 Å². The molecule has 1 amide bonds. The number of hydrogen-bond acceptors (Lipinski definition) is 6.